The van der Waals surface area contributed by atoms with Crippen molar-refractivity contribution in [3.05, 3.63) is 46.8 Å². The first-order valence-corrected chi connectivity index (χ1v) is 7.33. The molecule has 0 radical (unpaired) electrons. The molecule has 0 spiro atoms. The molecule has 1 aliphatic heterocycles. The molecule has 0 fully saturated rings. The highest BCUT2D eigenvalue weighted by molar-refractivity contribution is 6.04. The van der Waals surface area contributed by atoms with E-state index < -0.39 is 0 Å². The SMILES string of the molecule is CC(C)c1cccc(NC(=O)c2n[nH]c3c2CNCC3)c1.Cl. The van der Waals surface area contributed by atoms with Crippen LogP contribution in [0, 0.1) is 0 Å². The lowest BCUT2D eigenvalue weighted by Crippen LogP contribution is -2.25. The minimum atomic E-state index is -0.155. The number of nitrogens with zero attached hydrogens (tertiary/aromatic N) is 1. The van der Waals surface area contributed by atoms with Gasteiger partial charge in [0.1, 0.15) is 0 Å². The number of halogens is 1. The Morgan fingerprint density at radius 2 is 2.18 bits per heavy atom. The van der Waals surface area contributed by atoms with E-state index in [-0.39, 0.29) is 18.3 Å². The molecule has 22 heavy (non-hydrogen) atoms. The number of amides is 1. The average Bonchev–Trinajstić information content (AvgIpc) is 2.91. The first-order valence-electron chi connectivity index (χ1n) is 7.33. The average molecular weight is 321 g/mol. The minimum absolute atomic E-state index is 0. The largest absolute Gasteiger partial charge is 0.321 e. The molecular formula is C16H21ClN4O. The van der Waals surface area contributed by atoms with Crippen LogP contribution >= 0.6 is 12.4 Å². The van der Waals surface area contributed by atoms with Crippen molar-refractivity contribution < 1.29 is 4.79 Å². The van der Waals surface area contributed by atoms with Crippen molar-refractivity contribution in [2.75, 3.05) is 11.9 Å². The van der Waals surface area contributed by atoms with Crippen LogP contribution in [0.2, 0.25) is 0 Å². The van der Waals surface area contributed by atoms with Gasteiger partial charge in [0.25, 0.3) is 5.91 Å². The van der Waals surface area contributed by atoms with Crippen molar-refractivity contribution in [1.82, 2.24) is 15.5 Å². The van der Waals surface area contributed by atoms with E-state index in [0.29, 0.717) is 18.2 Å². The highest BCUT2D eigenvalue weighted by Gasteiger charge is 2.21. The fourth-order valence-electron chi connectivity index (χ4n) is 2.58. The van der Waals surface area contributed by atoms with Gasteiger partial charge in [-0.3, -0.25) is 9.89 Å². The summed E-state index contributed by atoms with van der Waals surface area (Å²) in [6.07, 6.45) is 0.887. The summed E-state index contributed by atoms with van der Waals surface area (Å²) in [6.45, 7) is 5.89. The van der Waals surface area contributed by atoms with Crippen LogP contribution in [0.25, 0.3) is 0 Å². The molecule has 2 heterocycles. The van der Waals surface area contributed by atoms with Gasteiger partial charge in [-0.2, -0.15) is 5.10 Å². The lowest BCUT2D eigenvalue weighted by Gasteiger charge is -2.13. The molecule has 3 rings (SSSR count). The predicted molar refractivity (Wildman–Crippen MR) is 89.7 cm³/mol. The smallest absolute Gasteiger partial charge is 0.276 e. The van der Waals surface area contributed by atoms with Crippen LogP contribution in [-0.4, -0.2) is 22.6 Å². The van der Waals surface area contributed by atoms with Gasteiger partial charge in [-0.15, -0.1) is 12.4 Å². The molecule has 0 bridgehead atoms. The molecular weight excluding hydrogens is 300 g/mol. The van der Waals surface area contributed by atoms with E-state index in [2.05, 4.69) is 40.7 Å². The fourth-order valence-corrected chi connectivity index (χ4v) is 2.58. The van der Waals surface area contributed by atoms with Crippen LogP contribution in [-0.2, 0) is 13.0 Å². The number of nitrogens with one attached hydrogen (secondary N) is 3. The van der Waals surface area contributed by atoms with Gasteiger partial charge < -0.3 is 10.6 Å². The summed E-state index contributed by atoms with van der Waals surface area (Å²) < 4.78 is 0. The van der Waals surface area contributed by atoms with Crippen molar-refractivity contribution >= 4 is 24.0 Å². The van der Waals surface area contributed by atoms with Gasteiger partial charge in [0.15, 0.2) is 5.69 Å². The van der Waals surface area contributed by atoms with Crippen molar-refractivity contribution in [2.45, 2.75) is 32.7 Å². The van der Waals surface area contributed by atoms with E-state index in [9.17, 15) is 4.79 Å². The van der Waals surface area contributed by atoms with E-state index in [1.807, 2.05) is 18.2 Å². The zero-order valence-electron chi connectivity index (χ0n) is 12.8. The van der Waals surface area contributed by atoms with Crippen LogP contribution in [0.15, 0.2) is 24.3 Å². The number of carbonyl (C=O) groups is 1. The second kappa shape index (κ2) is 6.94. The molecule has 0 atom stereocenters. The van der Waals surface area contributed by atoms with E-state index in [4.69, 9.17) is 0 Å². The van der Waals surface area contributed by atoms with Crippen LogP contribution < -0.4 is 10.6 Å². The summed E-state index contributed by atoms with van der Waals surface area (Å²) in [5, 5.41) is 13.4. The number of anilines is 1. The van der Waals surface area contributed by atoms with Gasteiger partial charge in [0.05, 0.1) is 0 Å². The topological polar surface area (TPSA) is 69.8 Å². The number of aromatic nitrogens is 2. The fraction of sp³-hybridized carbons (Fsp3) is 0.375. The maximum Gasteiger partial charge on any atom is 0.276 e. The minimum Gasteiger partial charge on any atom is -0.321 e. The van der Waals surface area contributed by atoms with E-state index in [1.165, 1.54) is 5.56 Å². The molecule has 1 aromatic heterocycles. The molecule has 2 aromatic rings. The lowest BCUT2D eigenvalue weighted by molar-refractivity contribution is 0.102. The summed E-state index contributed by atoms with van der Waals surface area (Å²) in [7, 11) is 0. The molecule has 5 nitrogen and oxygen atoms in total. The Morgan fingerprint density at radius 3 is 2.95 bits per heavy atom. The van der Waals surface area contributed by atoms with Crippen molar-refractivity contribution in [2.24, 2.45) is 0 Å². The number of aromatic amines is 1. The van der Waals surface area contributed by atoms with Crippen LogP contribution in [0.1, 0.15) is 47.1 Å². The zero-order chi connectivity index (χ0) is 14.8. The van der Waals surface area contributed by atoms with E-state index >= 15 is 0 Å². The third-order valence-corrected chi connectivity index (χ3v) is 3.83. The Hall–Kier alpha value is -1.85. The van der Waals surface area contributed by atoms with Gasteiger partial charge in [-0.25, -0.2) is 0 Å². The molecule has 0 saturated heterocycles. The second-order valence-electron chi connectivity index (χ2n) is 5.69. The van der Waals surface area contributed by atoms with Gasteiger partial charge in [-0.05, 0) is 23.6 Å². The molecule has 1 aliphatic rings. The molecule has 0 unspecified atom stereocenters. The summed E-state index contributed by atoms with van der Waals surface area (Å²) in [5.41, 5.74) is 4.56. The lowest BCUT2D eigenvalue weighted by atomic mass is 10.0. The number of rotatable bonds is 3. The highest BCUT2D eigenvalue weighted by Crippen LogP contribution is 2.20. The number of hydrogen-bond acceptors (Lipinski definition) is 3. The molecule has 6 heteroatoms. The normalized spacial score (nSPS) is 13.4. The highest BCUT2D eigenvalue weighted by atomic mass is 35.5. The monoisotopic (exact) mass is 320 g/mol. The Balaban J connectivity index is 0.00000176. The van der Waals surface area contributed by atoms with Crippen molar-refractivity contribution in [3.8, 4) is 0 Å². The Morgan fingerprint density at radius 1 is 1.36 bits per heavy atom. The van der Waals surface area contributed by atoms with Crippen molar-refractivity contribution in [3.63, 3.8) is 0 Å². The summed E-state index contributed by atoms with van der Waals surface area (Å²) in [4.78, 5) is 12.4. The molecule has 3 N–H and O–H groups in total. The van der Waals surface area contributed by atoms with Crippen LogP contribution in [0.4, 0.5) is 5.69 Å². The van der Waals surface area contributed by atoms with Gasteiger partial charge in [-0.1, -0.05) is 26.0 Å². The van der Waals surface area contributed by atoms with E-state index in [0.717, 1.165) is 29.9 Å². The summed E-state index contributed by atoms with van der Waals surface area (Å²) in [5.74, 6) is 0.279. The number of hydrogen-bond donors (Lipinski definition) is 3. The number of carbonyl (C=O) groups excluding carboxylic acids is 1. The Bertz CT molecular complexity index is 666. The first-order chi connectivity index (χ1) is 10.1. The zero-order valence-corrected chi connectivity index (χ0v) is 13.6. The van der Waals surface area contributed by atoms with Crippen molar-refractivity contribution in [1.29, 1.82) is 0 Å². The van der Waals surface area contributed by atoms with Crippen LogP contribution in [0.3, 0.4) is 0 Å². The summed E-state index contributed by atoms with van der Waals surface area (Å²) >= 11 is 0. The van der Waals surface area contributed by atoms with Gasteiger partial charge in [0.2, 0.25) is 0 Å². The molecule has 1 aromatic carbocycles. The molecule has 118 valence electrons. The van der Waals surface area contributed by atoms with E-state index in [1.54, 1.807) is 0 Å². The number of benzene rings is 1. The Labute approximate surface area is 136 Å². The maximum atomic E-state index is 12.4. The third kappa shape index (κ3) is 3.31. The van der Waals surface area contributed by atoms with Crippen LogP contribution in [0.5, 0.6) is 0 Å². The Kier molecular flexibility index (Phi) is 5.21. The number of fused-ring (bicyclic) bond motifs is 1. The molecule has 0 saturated carbocycles. The summed E-state index contributed by atoms with van der Waals surface area (Å²) in [6, 6.07) is 7.95. The quantitative estimate of drug-likeness (QED) is 0.814. The van der Waals surface area contributed by atoms with Gasteiger partial charge in [0, 0.05) is 36.5 Å². The second-order valence-corrected chi connectivity index (χ2v) is 5.69. The third-order valence-electron chi connectivity index (χ3n) is 3.83. The number of H-pyrrole nitrogens is 1. The molecule has 0 aliphatic carbocycles. The standard InChI is InChI=1S/C16H20N4O.ClH/c1-10(2)11-4-3-5-12(8-11)18-16(21)15-13-9-17-7-6-14(13)19-20-15;/h3-5,8,10,17H,6-7,9H2,1-2H3,(H,18,21)(H,19,20);1H. The maximum absolute atomic E-state index is 12.4. The van der Waals surface area contributed by atoms with Gasteiger partial charge >= 0.3 is 0 Å². The predicted octanol–water partition coefficient (Wildman–Crippen LogP) is 2.85. The molecule has 1 amide bonds. The first kappa shape index (κ1) is 16.5.